The van der Waals surface area contributed by atoms with Gasteiger partial charge in [0, 0.05) is 11.8 Å². The van der Waals surface area contributed by atoms with Crippen molar-refractivity contribution in [2.45, 2.75) is 27.3 Å². The highest BCUT2D eigenvalue weighted by Gasteiger charge is 2.21. The van der Waals surface area contributed by atoms with E-state index >= 15 is 0 Å². The van der Waals surface area contributed by atoms with Crippen LogP contribution < -0.4 is 10.9 Å². The van der Waals surface area contributed by atoms with Crippen molar-refractivity contribution in [2.75, 3.05) is 5.32 Å². The van der Waals surface area contributed by atoms with Gasteiger partial charge in [-0.3, -0.25) is 14.3 Å². The highest BCUT2D eigenvalue weighted by atomic mass is 16.2. The second-order valence-corrected chi connectivity index (χ2v) is 5.00. The molecule has 0 unspecified atom stereocenters. The molecule has 3 rings (SSSR count). The Hall–Kier alpha value is -2.30. The summed E-state index contributed by atoms with van der Waals surface area (Å²) in [6, 6.07) is 5.50. The lowest BCUT2D eigenvalue weighted by atomic mass is 10.1. The molecule has 2 heterocycles. The van der Waals surface area contributed by atoms with E-state index in [4.69, 9.17) is 0 Å². The molecule has 1 aromatic heterocycles. The highest BCUT2D eigenvalue weighted by molar-refractivity contribution is 5.93. The van der Waals surface area contributed by atoms with Gasteiger partial charge in [-0.25, -0.2) is 4.68 Å². The molecule has 98 valence electrons. The summed E-state index contributed by atoms with van der Waals surface area (Å²) in [5.74, 6) is -0.177. The van der Waals surface area contributed by atoms with Gasteiger partial charge in [0.25, 0.3) is 5.56 Å². The number of hydrogen-bond acceptors (Lipinski definition) is 2. The first-order valence-corrected chi connectivity index (χ1v) is 6.18. The Morgan fingerprint density at radius 1 is 1.05 bits per heavy atom. The number of rotatable bonds is 0. The fourth-order valence-corrected chi connectivity index (χ4v) is 2.47. The SMILES string of the molecule is Cc1cc2c(cc1C)-n1c(C)cc(=O)n1CC(=O)N2. The van der Waals surface area contributed by atoms with E-state index in [-0.39, 0.29) is 18.0 Å². The summed E-state index contributed by atoms with van der Waals surface area (Å²) in [6.07, 6.45) is 0. The molecule has 1 amide bonds. The molecular formula is C14H15N3O2. The van der Waals surface area contributed by atoms with Crippen LogP contribution >= 0.6 is 0 Å². The van der Waals surface area contributed by atoms with Gasteiger partial charge in [0.15, 0.2) is 0 Å². The van der Waals surface area contributed by atoms with E-state index in [9.17, 15) is 9.59 Å². The Bertz CT molecular complexity index is 753. The molecule has 1 aliphatic rings. The molecule has 0 spiro atoms. The smallest absolute Gasteiger partial charge is 0.267 e. The van der Waals surface area contributed by atoms with Crippen LogP contribution in [0.4, 0.5) is 5.69 Å². The highest BCUT2D eigenvalue weighted by Crippen LogP contribution is 2.27. The third-order valence-electron chi connectivity index (χ3n) is 3.57. The van der Waals surface area contributed by atoms with Gasteiger partial charge in [0.05, 0.1) is 11.4 Å². The van der Waals surface area contributed by atoms with Crippen molar-refractivity contribution < 1.29 is 4.79 Å². The van der Waals surface area contributed by atoms with Gasteiger partial charge in [-0.2, -0.15) is 0 Å². The normalized spacial score (nSPS) is 13.5. The van der Waals surface area contributed by atoms with Crippen LogP contribution in [-0.2, 0) is 11.3 Å². The van der Waals surface area contributed by atoms with Gasteiger partial charge >= 0.3 is 0 Å². The minimum absolute atomic E-state index is 0.0411. The van der Waals surface area contributed by atoms with Crippen LogP contribution in [0, 0.1) is 20.8 Å². The van der Waals surface area contributed by atoms with Gasteiger partial charge in [-0.15, -0.1) is 0 Å². The van der Waals surface area contributed by atoms with Crippen LogP contribution in [-0.4, -0.2) is 15.3 Å². The zero-order valence-corrected chi connectivity index (χ0v) is 11.2. The molecule has 0 saturated heterocycles. The molecule has 0 atom stereocenters. The molecule has 5 nitrogen and oxygen atoms in total. The first-order chi connectivity index (χ1) is 8.97. The van der Waals surface area contributed by atoms with Crippen LogP contribution in [0.5, 0.6) is 0 Å². The van der Waals surface area contributed by atoms with E-state index in [1.54, 1.807) is 6.07 Å². The molecule has 1 N–H and O–H groups in total. The third kappa shape index (κ3) is 1.69. The number of benzene rings is 1. The van der Waals surface area contributed by atoms with Gasteiger partial charge in [-0.05, 0) is 44.0 Å². The summed E-state index contributed by atoms with van der Waals surface area (Å²) in [6.45, 7) is 5.93. The van der Waals surface area contributed by atoms with E-state index < -0.39 is 0 Å². The number of amides is 1. The molecule has 0 aliphatic carbocycles. The van der Waals surface area contributed by atoms with E-state index in [1.807, 2.05) is 37.6 Å². The van der Waals surface area contributed by atoms with Crippen molar-refractivity contribution in [1.82, 2.24) is 9.36 Å². The van der Waals surface area contributed by atoms with Gasteiger partial charge < -0.3 is 5.32 Å². The fraction of sp³-hybridized carbons (Fsp3) is 0.286. The Kier molecular flexibility index (Phi) is 2.38. The number of anilines is 1. The second-order valence-electron chi connectivity index (χ2n) is 5.00. The number of nitrogens with one attached hydrogen (secondary N) is 1. The predicted octanol–water partition coefficient (Wildman–Crippen LogP) is 1.52. The molecule has 0 saturated carbocycles. The zero-order valence-electron chi connectivity index (χ0n) is 11.2. The average molecular weight is 257 g/mol. The van der Waals surface area contributed by atoms with Crippen LogP contribution in [0.3, 0.4) is 0 Å². The van der Waals surface area contributed by atoms with Crippen LogP contribution in [0.15, 0.2) is 23.0 Å². The average Bonchev–Trinajstić information content (AvgIpc) is 2.52. The molecule has 1 aliphatic heterocycles. The summed E-state index contributed by atoms with van der Waals surface area (Å²) in [4.78, 5) is 23.8. The van der Waals surface area contributed by atoms with Crippen molar-refractivity contribution in [3.8, 4) is 5.69 Å². The summed E-state index contributed by atoms with van der Waals surface area (Å²) in [5, 5.41) is 2.86. The number of hydrogen-bond donors (Lipinski definition) is 1. The fourth-order valence-electron chi connectivity index (χ4n) is 2.47. The lowest BCUT2D eigenvalue weighted by molar-refractivity contribution is -0.116. The lowest BCUT2D eigenvalue weighted by Gasteiger charge is -2.14. The quantitative estimate of drug-likeness (QED) is 0.778. The van der Waals surface area contributed by atoms with E-state index in [1.165, 1.54) is 4.68 Å². The maximum atomic E-state index is 11.9. The Labute approximate surface area is 110 Å². The molecule has 2 aromatic rings. The van der Waals surface area contributed by atoms with Crippen molar-refractivity contribution in [3.63, 3.8) is 0 Å². The van der Waals surface area contributed by atoms with E-state index in [0.717, 1.165) is 28.2 Å². The summed E-state index contributed by atoms with van der Waals surface area (Å²) in [7, 11) is 0. The minimum Gasteiger partial charge on any atom is -0.323 e. The summed E-state index contributed by atoms with van der Waals surface area (Å²) < 4.78 is 3.27. The molecule has 5 heteroatoms. The van der Waals surface area contributed by atoms with Gasteiger partial charge in [-0.1, -0.05) is 0 Å². The lowest BCUT2D eigenvalue weighted by Crippen LogP contribution is -2.26. The van der Waals surface area contributed by atoms with Crippen LogP contribution in [0.1, 0.15) is 16.8 Å². The number of aryl methyl sites for hydroxylation is 3. The maximum absolute atomic E-state index is 11.9. The number of nitrogens with zero attached hydrogens (tertiary/aromatic N) is 2. The van der Waals surface area contributed by atoms with Crippen molar-refractivity contribution in [2.24, 2.45) is 0 Å². The van der Waals surface area contributed by atoms with Crippen molar-refractivity contribution >= 4 is 11.6 Å². The van der Waals surface area contributed by atoms with Crippen molar-refractivity contribution in [1.29, 1.82) is 0 Å². The standard InChI is InChI=1S/C14H15N3O2/c1-8-4-11-12(5-9(8)2)17-10(3)6-14(19)16(17)7-13(18)15-11/h4-6H,7H2,1-3H3,(H,15,18). The molecule has 0 fully saturated rings. The number of carbonyl (C=O) groups excluding carboxylic acids is 1. The number of fused-ring (bicyclic) bond motifs is 3. The third-order valence-corrected chi connectivity index (χ3v) is 3.57. The zero-order chi connectivity index (χ0) is 13.7. The Morgan fingerprint density at radius 2 is 1.74 bits per heavy atom. The van der Waals surface area contributed by atoms with Crippen molar-refractivity contribution in [3.05, 3.63) is 45.4 Å². The second kappa shape index (κ2) is 3.85. The largest absolute Gasteiger partial charge is 0.323 e. The van der Waals surface area contributed by atoms with Gasteiger partial charge in [0.1, 0.15) is 6.54 Å². The van der Waals surface area contributed by atoms with Gasteiger partial charge in [0.2, 0.25) is 5.91 Å². The number of carbonyl (C=O) groups is 1. The first kappa shape index (κ1) is 11.8. The van der Waals surface area contributed by atoms with Crippen LogP contribution in [0.2, 0.25) is 0 Å². The molecule has 1 aromatic carbocycles. The summed E-state index contributed by atoms with van der Waals surface area (Å²) >= 11 is 0. The number of aromatic nitrogens is 2. The van der Waals surface area contributed by atoms with Crippen LogP contribution in [0.25, 0.3) is 5.69 Å². The first-order valence-electron chi connectivity index (χ1n) is 6.18. The Morgan fingerprint density at radius 3 is 2.47 bits per heavy atom. The molecule has 0 radical (unpaired) electrons. The minimum atomic E-state index is -0.177. The molecule has 0 bridgehead atoms. The topological polar surface area (TPSA) is 56.0 Å². The summed E-state index contributed by atoms with van der Waals surface area (Å²) in [5.41, 5.74) is 4.50. The predicted molar refractivity (Wildman–Crippen MR) is 72.9 cm³/mol. The molecular weight excluding hydrogens is 242 g/mol. The molecule has 19 heavy (non-hydrogen) atoms. The van der Waals surface area contributed by atoms with E-state index in [2.05, 4.69) is 5.32 Å². The Balaban J connectivity index is 2.40. The monoisotopic (exact) mass is 257 g/mol. The van der Waals surface area contributed by atoms with E-state index in [0.29, 0.717) is 0 Å². The maximum Gasteiger partial charge on any atom is 0.267 e.